The summed E-state index contributed by atoms with van der Waals surface area (Å²) in [7, 11) is 1.64. The summed E-state index contributed by atoms with van der Waals surface area (Å²) in [5.74, 6) is 1.86. The lowest BCUT2D eigenvalue weighted by Crippen LogP contribution is -2.29. The monoisotopic (exact) mass is 445 g/mol. The van der Waals surface area contributed by atoms with Crippen LogP contribution in [0.2, 0.25) is 0 Å². The number of nitrogens with one attached hydrogen (secondary N) is 1. The van der Waals surface area contributed by atoms with Gasteiger partial charge in [-0.05, 0) is 85.0 Å². The molecule has 3 heterocycles. The fourth-order valence-electron chi connectivity index (χ4n) is 3.95. The van der Waals surface area contributed by atoms with Crippen molar-refractivity contribution in [2.45, 2.75) is 12.1 Å². The number of hydrogen-bond donors (Lipinski definition) is 1. The molecule has 0 radical (unpaired) electrons. The number of aromatic nitrogens is 1. The van der Waals surface area contributed by atoms with E-state index in [-0.39, 0.29) is 17.9 Å². The molecule has 1 aliphatic heterocycles. The molecule has 160 valence electrons. The minimum Gasteiger partial charge on any atom is -0.497 e. The standard InChI is InChI=1S/C25H20FN3O2S/c1-30-19-11-9-18(10-12-19)29-24(23(28-25(29)32)20-4-2-3-15-27-20)22-14-13-21(31-22)16-5-7-17(26)8-6-16/h2-15,23-24H,1H3,(H,28,32). The predicted octanol–water partition coefficient (Wildman–Crippen LogP) is 5.67. The van der Waals surface area contributed by atoms with E-state index in [2.05, 4.69) is 10.3 Å². The number of ether oxygens (including phenoxy) is 1. The van der Waals surface area contributed by atoms with Gasteiger partial charge in [-0.3, -0.25) is 4.98 Å². The van der Waals surface area contributed by atoms with Crippen LogP contribution < -0.4 is 15.0 Å². The molecule has 1 aliphatic rings. The highest BCUT2D eigenvalue weighted by atomic mass is 32.1. The van der Waals surface area contributed by atoms with Gasteiger partial charge < -0.3 is 19.4 Å². The van der Waals surface area contributed by atoms with Gasteiger partial charge in [0.2, 0.25) is 0 Å². The minimum absolute atomic E-state index is 0.210. The molecule has 2 unspecified atom stereocenters. The second kappa shape index (κ2) is 8.43. The molecule has 0 amide bonds. The maximum Gasteiger partial charge on any atom is 0.174 e. The van der Waals surface area contributed by atoms with Crippen molar-refractivity contribution in [2.75, 3.05) is 12.0 Å². The van der Waals surface area contributed by atoms with Gasteiger partial charge in [0.15, 0.2) is 5.11 Å². The average Bonchev–Trinajstić information content (AvgIpc) is 3.45. The molecule has 32 heavy (non-hydrogen) atoms. The lowest BCUT2D eigenvalue weighted by atomic mass is 10.0. The van der Waals surface area contributed by atoms with Gasteiger partial charge in [0, 0.05) is 17.4 Å². The SMILES string of the molecule is COc1ccc(N2C(=S)NC(c3ccccn3)C2c2ccc(-c3ccc(F)cc3)o2)cc1. The molecule has 1 N–H and O–H groups in total. The molecule has 5 nitrogen and oxygen atoms in total. The Kier molecular flexibility index (Phi) is 5.33. The summed E-state index contributed by atoms with van der Waals surface area (Å²) in [5, 5.41) is 3.99. The highest BCUT2D eigenvalue weighted by Crippen LogP contribution is 2.43. The first kappa shape index (κ1) is 20.2. The molecule has 1 saturated heterocycles. The van der Waals surface area contributed by atoms with Gasteiger partial charge in [-0.1, -0.05) is 6.07 Å². The van der Waals surface area contributed by atoms with E-state index in [0.717, 1.165) is 28.5 Å². The maximum atomic E-state index is 13.4. The Morgan fingerprint density at radius 2 is 1.78 bits per heavy atom. The number of anilines is 1. The second-order valence-corrected chi connectivity index (χ2v) is 7.79. The van der Waals surface area contributed by atoms with E-state index < -0.39 is 0 Å². The summed E-state index contributed by atoms with van der Waals surface area (Å²) in [4.78, 5) is 6.58. The molecular formula is C25H20FN3O2S. The molecule has 0 spiro atoms. The van der Waals surface area contributed by atoms with Gasteiger partial charge in [-0.25, -0.2) is 4.39 Å². The van der Waals surface area contributed by atoms with Gasteiger partial charge in [-0.2, -0.15) is 0 Å². The molecule has 4 aromatic rings. The number of furan rings is 1. The summed E-state index contributed by atoms with van der Waals surface area (Å²) in [5.41, 5.74) is 2.57. The highest BCUT2D eigenvalue weighted by Gasteiger charge is 2.42. The van der Waals surface area contributed by atoms with E-state index in [0.29, 0.717) is 10.9 Å². The highest BCUT2D eigenvalue weighted by molar-refractivity contribution is 7.80. The summed E-state index contributed by atoms with van der Waals surface area (Å²) in [6.45, 7) is 0. The summed E-state index contributed by atoms with van der Waals surface area (Å²) in [6, 6.07) is 23.1. The normalized spacial score (nSPS) is 17.9. The molecule has 0 bridgehead atoms. The number of methoxy groups -OCH3 is 1. The predicted molar refractivity (Wildman–Crippen MR) is 125 cm³/mol. The summed E-state index contributed by atoms with van der Waals surface area (Å²) < 4.78 is 24.9. The minimum atomic E-state index is -0.285. The Hall–Kier alpha value is -3.71. The van der Waals surface area contributed by atoms with Crippen LogP contribution in [0.4, 0.5) is 10.1 Å². The molecule has 0 saturated carbocycles. The van der Waals surface area contributed by atoms with Crippen molar-refractivity contribution in [3.8, 4) is 17.1 Å². The van der Waals surface area contributed by atoms with Crippen molar-refractivity contribution in [2.24, 2.45) is 0 Å². The van der Waals surface area contributed by atoms with Crippen LogP contribution in [-0.2, 0) is 0 Å². The Balaban J connectivity index is 1.57. The smallest absolute Gasteiger partial charge is 0.174 e. The molecule has 2 aromatic heterocycles. The number of nitrogens with zero attached hydrogens (tertiary/aromatic N) is 2. The molecule has 0 aliphatic carbocycles. The van der Waals surface area contributed by atoms with Gasteiger partial charge in [0.25, 0.3) is 0 Å². The zero-order valence-electron chi connectivity index (χ0n) is 17.2. The van der Waals surface area contributed by atoms with Crippen molar-refractivity contribution in [3.63, 3.8) is 0 Å². The Labute approximate surface area is 190 Å². The van der Waals surface area contributed by atoms with E-state index in [1.807, 2.05) is 59.5 Å². The lowest BCUT2D eigenvalue weighted by molar-refractivity contribution is 0.414. The molecule has 1 fully saturated rings. The van der Waals surface area contributed by atoms with Gasteiger partial charge in [0.1, 0.15) is 29.1 Å². The van der Waals surface area contributed by atoms with Crippen molar-refractivity contribution in [3.05, 3.63) is 102 Å². The van der Waals surface area contributed by atoms with E-state index in [9.17, 15) is 4.39 Å². The van der Waals surface area contributed by atoms with Crippen LogP contribution in [0.25, 0.3) is 11.3 Å². The van der Waals surface area contributed by atoms with Crippen LogP contribution >= 0.6 is 12.2 Å². The first-order valence-electron chi connectivity index (χ1n) is 10.1. The van der Waals surface area contributed by atoms with Crippen molar-refractivity contribution >= 4 is 23.0 Å². The number of rotatable bonds is 5. The topological polar surface area (TPSA) is 50.5 Å². The van der Waals surface area contributed by atoms with Crippen LogP contribution in [0, 0.1) is 5.82 Å². The third-order valence-corrected chi connectivity index (χ3v) is 5.81. The largest absolute Gasteiger partial charge is 0.497 e. The van der Waals surface area contributed by atoms with E-state index in [1.54, 1.807) is 25.4 Å². The van der Waals surface area contributed by atoms with Crippen molar-refractivity contribution in [1.82, 2.24) is 10.3 Å². The first-order chi connectivity index (χ1) is 15.6. The quantitative estimate of drug-likeness (QED) is 0.400. The van der Waals surface area contributed by atoms with Crippen molar-refractivity contribution in [1.29, 1.82) is 0 Å². The number of thiocarbonyl (C=S) groups is 1. The Bertz CT molecular complexity index is 1230. The number of halogens is 1. The summed E-state index contributed by atoms with van der Waals surface area (Å²) >= 11 is 5.72. The van der Waals surface area contributed by atoms with Crippen LogP contribution in [0.5, 0.6) is 5.75 Å². The zero-order chi connectivity index (χ0) is 22.1. The average molecular weight is 446 g/mol. The van der Waals surface area contributed by atoms with Crippen LogP contribution in [0.15, 0.2) is 89.5 Å². The maximum absolute atomic E-state index is 13.4. The van der Waals surface area contributed by atoms with Crippen molar-refractivity contribution < 1.29 is 13.5 Å². The van der Waals surface area contributed by atoms with E-state index >= 15 is 0 Å². The molecule has 2 atom stereocenters. The number of benzene rings is 2. The third-order valence-electron chi connectivity index (χ3n) is 5.50. The second-order valence-electron chi connectivity index (χ2n) is 7.40. The van der Waals surface area contributed by atoms with E-state index in [4.69, 9.17) is 21.4 Å². The fraction of sp³-hybridized carbons (Fsp3) is 0.120. The molecule has 5 rings (SSSR count). The lowest BCUT2D eigenvalue weighted by Gasteiger charge is -2.26. The van der Waals surface area contributed by atoms with Gasteiger partial charge in [0.05, 0.1) is 18.8 Å². The van der Waals surface area contributed by atoms with Gasteiger partial charge >= 0.3 is 0 Å². The first-order valence-corrected chi connectivity index (χ1v) is 10.6. The van der Waals surface area contributed by atoms with E-state index in [1.165, 1.54) is 12.1 Å². The van der Waals surface area contributed by atoms with Gasteiger partial charge in [-0.15, -0.1) is 0 Å². The van der Waals surface area contributed by atoms with Crippen LogP contribution in [0.3, 0.4) is 0 Å². The Morgan fingerprint density at radius 1 is 1.00 bits per heavy atom. The van der Waals surface area contributed by atoms with Crippen LogP contribution in [0.1, 0.15) is 23.5 Å². The molecule has 2 aromatic carbocycles. The Morgan fingerprint density at radius 3 is 2.47 bits per heavy atom. The molecule has 7 heteroatoms. The summed E-state index contributed by atoms with van der Waals surface area (Å²) in [6.07, 6.45) is 1.76. The number of pyridine rings is 1. The third kappa shape index (κ3) is 3.71. The number of hydrogen-bond acceptors (Lipinski definition) is 4. The zero-order valence-corrected chi connectivity index (χ0v) is 18.1. The fourth-order valence-corrected chi connectivity index (χ4v) is 4.29. The molecular weight excluding hydrogens is 425 g/mol. The van der Waals surface area contributed by atoms with Crippen LogP contribution in [-0.4, -0.2) is 17.2 Å².